The predicted molar refractivity (Wildman–Crippen MR) is 65.0 cm³/mol. The number of tetrazole rings is 1. The van der Waals surface area contributed by atoms with Gasteiger partial charge in [0.1, 0.15) is 5.82 Å². The molecule has 2 N–H and O–H groups in total. The Hall–Kier alpha value is -1.76. The highest BCUT2D eigenvalue weighted by molar-refractivity contribution is 5.43. The molecule has 1 aliphatic carbocycles. The first kappa shape index (κ1) is 11.3. The lowest BCUT2D eigenvalue weighted by Gasteiger charge is -2.26. The number of nitrogens with zero attached hydrogens (tertiary/aromatic N) is 5. The van der Waals surface area contributed by atoms with Gasteiger partial charge < -0.3 is 10.4 Å². The molecule has 2 aromatic heterocycles. The Kier molecular flexibility index (Phi) is 3.06. The number of fused-ring (bicyclic) bond motifs is 1. The molecular formula is C11H16N6O. The largest absolute Gasteiger partial charge is 0.393 e. The lowest BCUT2D eigenvalue weighted by atomic mass is 9.87. The molecule has 7 heteroatoms. The lowest BCUT2D eigenvalue weighted by Crippen LogP contribution is -2.25. The number of nitrogens with one attached hydrogen (secondary N) is 1. The van der Waals surface area contributed by atoms with Gasteiger partial charge in [-0.15, -0.1) is 5.10 Å². The van der Waals surface area contributed by atoms with Crippen molar-refractivity contribution < 1.29 is 5.11 Å². The molecule has 2 heterocycles. The van der Waals surface area contributed by atoms with E-state index in [-0.39, 0.29) is 6.10 Å². The molecule has 2 unspecified atom stereocenters. The maximum Gasteiger partial charge on any atom is 0.199 e. The topological polar surface area (TPSA) is 88.2 Å². The van der Waals surface area contributed by atoms with Crippen LogP contribution in [0.25, 0.3) is 5.65 Å². The molecule has 7 nitrogen and oxygen atoms in total. The fraction of sp³-hybridized carbons (Fsp3) is 0.636. The minimum atomic E-state index is -0.146. The molecule has 18 heavy (non-hydrogen) atoms. The Morgan fingerprint density at radius 2 is 2.33 bits per heavy atom. The van der Waals surface area contributed by atoms with Gasteiger partial charge in [-0.3, -0.25) is 4.98 Å². The average Bonchev–Trinajstić information content (AvgIpc) is 2.85. The van der Waals surface area contributed by atoms with E-state index in [0.29, 0.717) is 11.6 Å². The molecule has 1 saturated carbocycles. The highest BCUT2D eigenvalue weighted by atomic mass is 16.3. The van der Waals surface area contributed by atoms with Crippen LogP contribution in [0.5, 0.6) is 0 Å². The van der Waals surface area contributed by atoms with E-state index in [0.717, 1.165) is 38.0 Å². The summed E-state index contributed by atoms with van der Waals surface area (Å²) in [5.41, 5.74) is 0.628. The summed E-state index contributed by atoms with van der Waals surface area (Å²) in [5.74, 6) is 1.29. The van der Waals surface area contributed by atoms with E-state index >= 15 is 0 Å². The van der Waals surface area contributed by atoms with Crippen LogP contribution in [-0.2, 0) is 0 Å². The second-order valence-corrected chi connectivity index (χ2v) is 4.81. The van der Waals surface area contributed by atoms with Gasteiger partial charge in [-0.1, -0.05) is 6.42 Å². The summed E-state index contributed by atoms with van der Waals surface area (Å²) in [7, 11) is 0. The Labute approximate surface area is 104 Å². The average molecular weight is 248 g/mol. The second kappa shape index (κ2) is 4.85. The van der Waals surface area contributed by atoms with Gasteiger partial charge in [0.25, 0.3) is 0 Å². The number of rotatable bonds is 3. The molecule has 2 aromatic rings. The smallest absolute Gasteiger partial charge is 0.199 e. The van der Waals surface area contributed by atoms with Gasteiger partial charge in [-0.2, -0.15) is 4.52 Å². The fourth-order valence-corrected chi connectivity index (χ4v) is 2.49. The summed E-state index contributed by atoms with van der Waals surface area (Å²) in [6.45, 7) is 0.817. The van der Waals surface area contributed by atoms with Crippen LogP contribution in [0.15, 0.2) is 12.4 Å². The lowest BCUT2D eigenvalue weighted by molar-refractivity contribution is 0.104. The van der Waals surface area contributed by atoms with Crippen LogP contribution in [-0.4, -0.2) is 42.8 Å². The quantitative estimate of drug-likeness (QED) is 0.821. The standard InChI is InChI=1S/C11H16N6O/c18-9-3-1-2-8(4-9)5-13-10-6-12-7-11-14-15-16-17(10)11/h6-9,13,18H,1-5H2. The van der Waals surface area contributed by atoms with Crippen LogP contribution in [0.4, 0.5) is 5.82 Å². The second-order valence-electron chi connectivity index (χ2n) is 4.81. The molecule has 0 bridgehead atoms. The van der Waals surface area contributed by atoms with Gasteiger partial charge in [0, 0.05) is 6.54 Å². The van der Waals surface area contributed by atoms with E-state index < -0.39 is 0 Å². The third kappa shape index (κ3) is 2.26. The minimum Gasteiger partial charge on any atom is -0.393 e. The summed E-state index contributed by atoms with van der Waals surface area (Å²) >= 11 is 0. The third-order valence-corrected chi connectivity index (χ3v) is 3.44. The van der Waals surface area contributed by atoms with E-state index in [1.807, 2.05) is 0 Å². The van der Waals surface area contributed by atoms with Crippen molar-refractivity contribution in [3.8, 4) is 0 Å². The van der Waals surface area contributed by atoms with E-state index in [4.69, 9.17) is 0 Å². The normalized spacial score (nSPS) is 24.3. The zero-order valence-corrected chi connectivity index (χ0v) is 10.0. The van der Waals surface area contributed by atoms with Gasteiger partial charge in [-0.05, 0) is 35.6 Å². The first-order valence-electron chi connectivity index (χ1n) is 6.27. The molecule has 0 radical (unpaired) electrons. The Balaban J connectivity index is 1.67. The van der Waals surface area contributed by atoms with Gasteiger partial charge in [0.05, 0.1) is 18.5 Å². The summed E-state index contributed by atoms with van der Waals surface area (Å²) in [5, 5.41) is 24.3. The van der Waals surface area contributed by atoms with Crippen molar-refractivity contribution in [2.24, 2.45) is 5.92 Å². The fourth-order valence-electron chi connectivity index (χ4n) is 2.49. The molecule has 0 saturated heterocycles. The van der Waals surface area contributed by atoms with E-state index in [1.54, 1.807) is 16.9 Å². The van der Waals surface area contributed by atoms with Crippen LogP contribution in [0.2, 0.25) is 0 Å². The molecule has 0 aromatic carbocycles. The zero-order valence-electron chi connectivity index (χ0n) is 10.0. The first-order chi connectivity index (χ1) is 8.83. The third-order valence-electron chi connectivity index (χ3n) is 3.44. The minimum absolute atomic E-state index is 0.146. The SMILES string of the molecule is OC1CCCC(CNc2cncc3nnnn23)C1. The number of aliphatic hydroxyl groups is 1. The molecule has 0 amide bonds. The highest BCUT2D eigenvalue weighted by Crippen LogP contribution is 2.24. The van der Waals surface area contributed by atoms with Gasteiger partial charge >= 0.3 is 0 Å². The van der Waals surface area contributed by atoms with Crippen molar-refractivity contribution in [1.29, 1.82) is 0 Å². The maximum atomic E-state index is 9.64. The number of hydrogen-bond acceptors (Lipinski definition) is 6. The van der Waals surface area contributed by atoms with Crippen molar-refractivity contribution in [2.45, 2.75) is 31.8 Å². The van der Waals surface area contributed by atoms with Crippen LogP contribution in [0.1, 0.15) is 25.7 Å². The monoisotopic (exact) mass is 248 g/mol. The van der Waals surface area contributed by atoms with Crippen LogP contribution in [0.3, 0.4) is 0 Å². The number of hydrogen-bond donors (Lipinski definition) is 2. The Bertz CT molecular complexity index is 527. The highest BCUT2D eigenvalue weighted by Gasteiger charge is 2.20. The van der Waals surface area contributed by atoms with Crippen molar-refractivity contribution in [3.63, 3.8) is 0 Å². The molecule has 2 atom stereocenters. The van der Waals surface area contributed by atoms with Crippen molar-refractivity contribution in [3.05, 3.63) is 12.4 Å². The molecule has 1 fully saturated rings. The van der Waals surface area contributed by atoms with Gasteiger partial charge in [0.2, 0.25) is 0 Å². The van der Waals surface area contributed by atoms with Crippen LogP contribution >= 0.6 is 0 Å². The van der Waals surface area contributed by atoms with Crippen molar-refractivity contribution in [2.75, 3.05) is 11.9 Å². The summed E-state index contributed by atoms with van der Waals surface area (Å²) in [6, 6.07) is 0. The molecule has 3 rings (SSSR count). The van der Waals surface area contributed by atoms with Gasteiger partial charge in [-0.25, -0.2) is 0 Å². The van der Waals surface area contributed by atoms with Gasteiger partial charge in [0.15, 0.2) is 5.65 Å². The number of anilines is 1. The summed E-state index contributed by atoms with van der Waals surface area (Å²) in [4.78, 5) is 4.09. The van der Waals surface area contributed by atoms with Crippen molar-refractivity contribution in [1.82, 2.24) is 25.0 Å². The summed E-state index contributed by atoms with van der Waals surface area (Å²) < 4.78 is 1.63. The first-order valence-corrected chi connectivity index (χ1v) is 6.27. The Morgan fingerprint density at radius 3 is 3.22 bits per heavy atom. The number of aliphatic hydroxyl groups excluding tert-OH is 1. The molecular weight excluding hydrogens is 232 g/mol. The van der Waals surface area contributed by atoms with E-state index in [9.17, 15) is 5.11 Å². The van der Waals surface area contributed by atoms with Crippen LogP contribution in [0, 0.1) is 5.92 Å². The molecule has 0 aliphatic heterocycles. The van der Waals surface area contributed by atoms with E-state index in [1.165, 1.54) is 0 Å². The molecule has 0 spiro atoms. The van der Waals surface area contributed by atoms with Crippen molar-refractivity contribution >= 4 is 11.5 Å². The van der Waals surface area contributed by atoms with Crippen LogP contribution < -0.4 is 5.32 Å². The molecule has 96 valence electrons. The molecule has 1 aliphatic rings. The number of aromatic nitrogens is 5. The zero-order chi connectivity index (χ0) is 12.4. The maximum absolute atomic E-state index is 9.64. The van der Waals surface area contributed by atoms with E-state index in [2.05, 4.69) is 25.8 Å². The Morgan fingerprint density at radius 1 is 1.39 bits per heavy atom. The predicted octanol–water partition coefficient (Wildman–Crippen LogP) is 0.482. The summed E-state index contributed by atoms with van der Waals surface area (Å²) in [6.07, 6.45) is 7.24.